The highest BCUT2D eigenvalue weighted by Gasteiger charge is 1.95. The van der Waals surface area contributed by atoms with Crippen LogP contribution in [0.5, 0.6) is 5.75 Å². The molecule has 1 rings (SSSR count). The molecule has 0 atom stereocenters. The summed E-state index contributed by atoms with van der Waals surface area (Å²) in [4.78, 5) is 0. The fourth-order valence-electron chi connectivity index (χ4n) is 1.88. The van der Waals surface area contributed by atoms with Gasteiger partial charge in [0, 0.05) is 0 Å². The van der Waals surface area contributed by atoms with Gasteiger partial charge in [0.25, 0.3) is 0 Å². The minimum Gasteiger partial charge on any atom is -0.494 e. The first-order valence-electron chi connectivity index (χ1n) is 7.29. The zero-order valence-corrected chi connectivity index (χ0v) is 11.9. The first kappa shape index (κ1) is 15.0. The van der Waals surface area contributed by atoms with E-state index in [1.54, 1.807) is 0 Å². The number of rotatable bonds is 10. The molecule has 18 heavy (non-hydrogen) atoms. The molecule has 0 heterocycles. The van der Waals surface area contributed by atoms with E-state index >= 15 is 0 Å². The van der Waals surface area contributed by atoms with Crippen LogP contribution in [0, 0.1) is 0 Å². The summed E-state index contributed by atoms with van der Waals surface area (Å²) < 4.78 is 5.72. The van der Waals surface area contributed by atoms with Gasteiger partial charge in [-0.15, -0.1) is 0 Å². The average molecular weight is 249 g/mol. The van der Waals surface area contributed by atoms with Crippen molar-refractivity contribution in [1.82, 2.24) is 5.32 Å². The van der Waals surface area contributed by atoms with Crippen molar-refractivity contribution in [2.75, 3.05) is 19.7 Å². The molecule has 0 unspecified atom stereocenters. The monoisotopic (exact) mass is 249 g/mol. The third kappa shape index (κ3) is 6.65. The Morgan fingerprint density at radius 3 is 2.39 bits per heavy atom. The maximum Gasteiger partial charge on any atom is 0.119 e. The van der Waals surface area contributed by atoms with E-state index in [9.17, 15) is 0 Å². The van der Waals surface area contributed by atoms with Gasteiger partial charge in [0.2, 0.25) is 0 Å². The van der Waals surface area contributed by atoms with E-state index in [2.05, 4.69) is 43.4 Å². The van der Waals surface area contributed by atoms with Crippen LogP contribution >= 0.6 is 0 Å². The summed E-state index contributed by atoms with van der Waals surface area (Å²) in [7, 11) is 0. The number of nitrogens with one attached hydrogen (secondary N) is 1. The summed E-state index contributed by atoms with van der Waals surface area (Å²) in [5.74, 6) is 0.997. The molecule has 0 aliphatic carbocycles. The molecule has 0 amide bonds. The maximum atomic E-state index is 5.72. The summed E-state index contributed by atoms with van der Waals surface area (Å²) in [5.41, 5.74) is 1.40. The molecule has 0 radical (unpaired) electrons. The van der Waals surface area contributed by atoms with Crippen molar-refractivity contribution in [3.8, 4) is 5.75 Å². The van der Waals surface area contributed by atoms with Crippen LogP contribution < -0.4 is 10.1 Å². The highest BCUT2D eigenvalue weighted by molar-refractivity contribution is 5.27. The van der Waals surface area contributed by atoms with Crippen LogP contribution in [0.15, 0.2) is 24.3 Å². The van der Waals surface area contributed by atoms with E-state index in [-0.39, 0.29) is 0 Å². The van der Waals surface area contributed by atoms with E-state index in [4.69, 9.17) is 4.74 Å². The topological polar surface area (TPSA) is 21.3 Å². The Hall–Kier alpha value is -1.02. The second-order valence-electron chi connectivity index (χ2n) is 4.70. The van der Waals surface area contributed by atoms with Gasteiger partial charge in [0.05, 0.1) is 6.61 Å². The predicted molar refractivity (Wildman–Crippen MR) is 78.3 cm³/mol. The van der Waals surface area contributed by atoms with Crippen molar-refractivity contribution in [2.24, 2.45) is 0 Å². The van der Waals surface area contributed by atoms with Crippen molar-refractivity contribution >= 4 is 0 Å². The standard InChI is InChI=1S/C16H27NO/c1-3-7-15-8-10-16(11-9-15)18-14-6-5-13-17-12-4-2/h8-11,17H,3-7,12-14H2,1-2H3. The molecule has 0 saturated carbocycles. The lowest BCUT2D eigenvalue weighted by atomic mass is 10.1. The van der Waals surface area contributed by atoms with Crippen LogP contribution in [-0.4, -0.2) is 19.7 Å². The molecule has 0 bridgehead atoms. The van der Waals surface area contributed by atoms with E-state index in [1.807, 2.05) is 0 Å². The molecule has 0 fully saturated rings. The van der Waals surface area contributed by atoms with Gasteiger partial charge >= 0.3 is 0 Å². The third-order valence-corrected chi connectivity index (χ3v) is 2.91. The first-order chi connectivity index (χ1) is 8.86. The molecule has 0 aliphatic rings. The number of aryl methyl sites for hydroxylation is 1. The van der Waals surface area contributed by atoms with Crippen LogP contribution in [0.3, 0.4) is 0 Å². The Kier molecular flexibility index (Phi) is 8.32. The van der Waals surface area contributed by atoms with Crippen molar-refractivity contribution in [3.63, 3.8) is 0 Å². The number of unbranched alkanes of at least 4 members (excludes halogenated alkanes) is 1. The Morgan fingerprint density at radius 2 is 1.72 bits per heavy atom. The second-order valence-corrected chi connectivity index (χ2v) is 4.70. The molecule has 0 spiro atoms. The van der Waals surface area contributed by atoms with Gasteiger partial charge in [0.1, 0.15) is 5.75 Å². The van der Waals surface area contributed by atoms with Crippen molar-refractivity contribution in [1.29, 1.82) is 0 Å². The minimum atomic E-state index is 0.820. The summed E-state index contributed by atoms with van der Waals surface area (Å²) >= 11 is 0. The second kappa shape index (κ2) is 9.95. The Balaban J connectivity index is 2.08. The Morgan fingerprint density at radius 1 is 0.944 bits per heavy atom. The molecule has 1 aromatic carbocycles. The molecule has 2 heteroatoms. The molecule has 0 aromatic heterocycles. The highest BCUT2D eigenvalue weighted by atomic mass is 16.5. The molecule has 1 N–H and O–H groups in total. The molecular weight excluding hydrogens is 222 g/mol. The molecule has 1 aromatic rings. The van der Waals surface area contributed by atoms with Gasteiger partial charge in [-0.3, -0.25) is 0 Å². The largest absolute Gasteiger partial charge is 0.494 e. The number of hydrogen-bond donors (Lipinski definition) is 1. The van der Waals surface area contributed by atoms with E-state index in [1.165, 1.54) is 24.8 Å². The average Bonchev–Trinajstić information content (AvgIpc) is 2.40. The fourth-order valence-corrected chi connectivity index (χ4v) is 1.88. The minimum absolute atomic E-state index is 0.820. The zero-order valence-electron chi connectivity index (χ0n) is 11.9. The predicted octanol–water partition coefficient (Wildman–Crippen LogP) is 3.80. The molecule has 0 aliphatic heterocycles. The summed E-state index contributed by atoms with van der Waals surface area (Å²) in [6.45, 7) is 7.45. The SMILES string of the molecule is CCCNCCCCOc1ccc(CCC)cc1. The van der Waals surface area contributed by atoms with Gasteiger partial charge in [-0.05, 0) is 56.5 Å². The lowest BCUT2D eigenvalue weighted by Gasteiger charge is -2.07. The lowest BCUT2D eigenvalue weighted by molar-refractivity contribution is 0.306. The van der Waals surface area contributed by atoms with Gasteiger partial charge < -0.3 is 10.1 Å². The Bertz CT molecular complexity index is 294. The number of hydrogen-bond acceptors (Lipinski definition) is 2. The van der Waals surface area contributed by atoms with E-state index in [0.29, 0.717) is 0 Å². The molecule has 0 saturated heterocycles. The zero-order chi connectivity index (χ0) is 13.1. The third-order valence-electron chi connectivity index (χ3n) is 2.91. The van der Waals surface area contributed by atoms with E-state index < -0.39 is 0 Å². The maximum absolute atomic E-state index is 5.72. The van der Waals surface area contributed by atoms with E-state index in [0.717, 1.165) is 38.3 Å². The summed E-state index contributed by atoms with van der Waals surface area (Å²) in [6, 6.07) is 8.50. The number of ether oxygens (including phenoxy) is 1. The molecular formula is C16H27NO. The summed E-state index contributed by atoms with van der Waals surface area (Å²) in [5, 5.41) is 3.40. The van der Waals surface area contributed by atoms with Crippen molar-refractivity contribution in [3.05, 3.63) is 29.8 Å². The van der Waals surface area contributed by atoms with Crippen molar-refractivity contribution in [2.45, 2.75) is 46.0 Å². The van der Waals surface area contributed by atoms with Crippen LogP contribution in [-0.2, 0) is 6.42 Å². The molecule has 102 valence electrons. The molecule has 2 nitrogen and oxygen atoms in total. The smallest absolute Gasteiger partial charge is 0.119 e. The van der Waals surface area contributed by atoms with Gasteiger partial charge in [-0.2, -0.15) is 0 Å². The van der Waals surface area contributed by atoms with Crippen LogP contribution in [0.1, 0.15) is 45.1 Å². The first-order valence-corrected chi connectivity index (χ1v) is 7.29. The quantitative estimate of drug-likeness (QED) is 0.637. The van der Waals surface area contributed by atoms with Crippen LogP contribution in [0.2, 0.25) is 0 Å². The van der Waals surface area contributed by atoms with Gasteiger partial charge in [0.15, 0.2) is 0 Å². The summed E-state index contributed by atoms with van der Waals surface area (Å²) in [6.07, 6.45) is 5.87. The normalized spacial score (nSPS) is 10.6. The van der Waals surface area contributed by atoms with Gasteiger partial charge in [-0.25, -0.2) is 0 Å². The van der Waals surface area contributed by atoms with Gasteiger partial charge in [-0.1, -0.05) is 32.4 Å². The Labute approximate surface area is 112 Å². The van der Waals surface area contributed by atoms with Crippen LogP contribution in [0.25, 0.3) is 0 Å². The van der Waals surface area contributed by atoms with Crippen molar-refractivity contribution < 1.29 is 4.74 Å². The lowest BCUT2D eigenvalue weighted by Crippen LogP contribution is -2.16. The highest BCUT2D eigenvalue weighted by Crippen LogP contribution is 2.13. The number of benzene rings is 1. The van der Waals surface area contributed by atoms with Crippen LogP contribution in [0.4, 0.5) is 0 Å². The fraction of sp³-hybridized carbons (Fsp3) is 0.625.